The van der Waals surface area contributed by atoms with Gasteiger partial charge in [-0.15, -0.1) is 0 Å². The summed E-state index contributed by atoms with van der Waals surface area (Å²) >= 11 is 0. The fourth-order valence-electron chi connectivity index (χ4n) is 0.625. The fourth-order valence-corrected chi connectivity index (χ4v) is 0.625. The maximum atomic E-state index is 3.47. The Balaban J connectivity index is 3.36. The van der Waals surface area contributed by atoms with Gasteiger partial charge in [-0.25, -0.2) is 0 Å². The average Bonchev–Trinajstić information content (AvgIpc) is 1.81. The van der Waals surface area contributed by atoms with Crippen molar-refractivity contribution in [3.05, 3.63) is 0 Å². The summed E-state index contributed by atoms with van der Waals surface area (Å²) < 4.78 is 0. The van der Waals surface area contributed by atoms with Gasteiger partial charge in [0.1, 0.15) is 0 Å². The fraction of sp³-hybridized carbons (Fsp3) is 1.00. The van der Waals surface area contributed by atoms with E-state index in [1.54, 1.807) is 0 Å². The third-order valence-corrected chi connectivity index (χ3v) is 1.68. The van der Waals surface area contributed by atoms with Gasteiger partial charge in [0.05, 0.1) is 0 Å². The zero-order valence-electron chi connectivity index (χ0n) is 7.99. The maximum absolute atomic E-state index is 3.47. The van der Waals surface area contributed by atoms with E-state index in [4.69, 9.17) is 0 Å². The van der Waals surface area contributed by atoms with Crippen LogP contribution in [0.25, 0.3) is 0 Å². The van der Waals surface area contributed by atoms with Gasteiger partial charge in [-0.1, -0.05) is 20.3 Å². The molecule has 1 atom stereocenters. The van der Waals surface area contributed by atoms with Crippen molar-refractivity contribution in [1.82, 2.24) is 5.32 Å². The Hall–Kier alpha value is -0.0400. The van der Waals surface area contributed by atoms with Crippen molar-refractivity contribution in [3.63, 3.8) is 0 Å². The molecule has 0 aliphatic rings. The summed E-state index contributed by atoms with van der Waals surface area (Å²) in [5, 5.41) is 3.47. The Kier molecular flexibility index (Phi) is 3.95. The van der Waals surface area contributed by atoms with Crippen molar-refractivity contribution < 1.29 is 0 Å². The second-order valence-corrected chi connectivity index (χ2v) is 4.14. The molecule has 0 spiro atoms. The summed E-state index contributed by atoms with van der Waals surface area (Å²) in [7, 11) is 0. The van der Waals surface area contributed by atoms with Crippen LogP contribution in [-0.4, -0.2) is 12.1 Å². The Morgan fingerprint density at radius 3 is 2.10 bits per heavy atom. The highest BCUT2D eigenvalue weighted by Crippen LogP contribution is 2.03. The van der Waals surface area contributed by atoms with Gasteiger partial charge < -0.3 is 5.32 Å². The van der Waals surface area contributed by atoms with Crippen LogP contribution in [0.15, 0.2) is 0 Å². The molecule has 0 amide bonds. The van der Waals surface area contributed by atoms with E-state index in [-0.39, 0.29) is 5.54 Å². The first-order valence-electron chi connectivity index (χ1n) is 4.20. The van der Waals surface area contributed by atoms with E-state index in [9.17, 15) is 0 Å². The highest BCUT2D eigenvalue weighted by molar-refractivity contribution is 4.71. The average molecular weight is 143 g/mol. The van der Waals surface area contributed by atoms with Crippen molar-refractivity contribution >= 4 is 0 Å². The van der Waals surface area contributed by atoms with Crippen LogP contribution in [0.3, 0.4) is 0 Å². The van der Waals surface area contributed by atoms with E-state index in [1.807, 2.05) is 0 Å². The molecule has 0 aliphatic heterocycles. The van der Waals surface area contributed by atoms with E-state index in [2.05, 4.69) is 39.9 Å². The molecular weight excluding hydrogens is 122 g/mol. The smallest absolute Gasteiger partial charge is 0.00966 e. The van der Waals surface area contributed by atoms with Crippen molar-refractivity contribution in [1.29, 1.82) is 0 Å². The van der Waals surface area contributed by atoms with E-state index < -0.39 is 0 Å². The minimum Gasteiger partial charge on any atom is -0.312 e. The molecule has 1 N–H and O–H groups in total. The zero-order chi connectivity index (χ0) is 8.20. The first kappa shape index (κ1) is 9.96. The second kappa shape index (κ2) is 3.97. The molecule has 0 radical (unpaired) electrons. The molecule has 0 fully saturated rings. The van der Waals surface area contributed by atoms with Crippen molar-refractivity contribution in [2.24, 2.45) is 5.92 Å². The van der Waals surface area contributed by atoms with E-state index in [0.29, 0.717) is 0 Å². The molecule has 0 saturated carbocycles. The standard InChI is InChI=1S/C9H21N/c1-6-8(2)7-10-9(3,4)5/h8,10H,6-7H2,1-5H3/t8-/m0/s1. The topological polar surface area (TPSA) is 12.0 Å². The lowest BCUT2D eigenvalue weighted by molar-refractivity contribution is 0.378. The molecule has 0 saturated heterocycles. The lowest BCUT2D eigenvalue weighted by Gasteiger charge is -2.22. The highest BCUT2D eigenvalue weighted by Gasteiger charge is 2.09. The zero-order valence-corrected chi connectivity index (χ0v) is 7.99. The SMILES string of the molecule is CC[C@H](C)CNC(C)(C)C. The predicted octanol–water partition coefficient (Wildman–Crippen LogP) is 2.42. The first-order chi connectivity index (χ1) is 4.45. The van der Waals surface area contributed by atoms with Crippen LogP contribution in [0.4, 0.5) is 0 Å². The summed E-state index contributed by atoms with van der Waals surface area (Å²) in [5.74, 6) is 0.805. The van der Waals surface area contributed by atoms with Gasteiger partial charge in [0.25, 0.3) is 0 Å². The van der Waals surface area contributed by atoms with Crippen LogP contribution >= 0.6 is 0 Å². The molecule has 0 aromatic carbocycles. The van der Waals surface area contributed by atoms with Crippen molar-refractivity contribution in [2.75, 3.05) is 6.54 Å². The van der Waals surface area contributed by atoms with Gasteiger partial charge in [-0.3, -0.25) is 0 Å². The van der Waals surface area contributed by atoms with Gasteiger partial charge in [-0.2, -0.15) is 0 Å². The Morgan fingerprint density at radius 1 is 1.30 bits per heavy atom. The summed E-state index contributed by atoms with van der Waals surface area (Å²) in [6.07, 6.45) is 1.27. The molecule has 0 unspecified atom stereocenters. The number of hydrogen-bond donors (Lipinski definition) is 1. The Labute approximate surface area is 65.2 Å². The van der Waals surface area contributed by atoms with Gasteiger partial charge >= 0.3 is 0 Å². The normalized spacial score (nSPS) is 15.3. The van der Waals surface area contributed by atoms with Gasteiger partial charge in [0, 0.05) is 5.54 Å². The first-order valence-corrected chi connectivity index (χ1v) is 4.20. The molecular formula is C9H21N. The molecule has 1 heteroatoms. The van der Waals surface area contributed by atoms with E-state index in [1.165, 1.54) is 6.42 Å². The van der Waals surface area contributed by atoms with Crippen LogP contribution in [0.2, 0.25) is 0 Å². The molecule has 0 heterocycles. The summed E-state index contributed by atoms with van der Waals surface area (Å²) in [4.78, 5) is 0. The number of hydrogen-bond acceptors (Lipinski definition) is 1. The van der Waals surface area contributed by atoms with Crippen LogP contribution in [0.5, 0.6) is 0 Å². The minimum atomic E-state index is 0.281. The monoisotopic (exact) mass is 143 g/mol. The van der Waals surface area contributed by atoms with Crippen molar-refractivity contribution in [2.45, 2.75) is 46.6 Å². The lowest BCUT2D eigenvalue weighted by atomic mass is 10.1. The molecule has 62 valence electrons. The van der Waals surface area contributed by atoms with E-state index in [0.717, 1.165) is 12.5 Å². The van der Waals surface area contributed by atoms with Crippen LogP contribution < -0.4 is 5.32 Å². The van der Waals surface area contributed by atoms with Crippen LogP contribution in [0.1, 0.15) is 41.0 Å². The summed E-state index contributed by atoms with van der Waals surface area (Å²) in [6, 6.07) is 0. The molecule has 0 aromatic heterocycles. The maximum Gasteiger partial charge on any atom is 0.00966 e. The molecule has 0 aliphatic carbocycles. The number of nitrogens with one attached hydrogen (secondary N) is 1. The summed E-state index contributed by atoms with van der Waals surface area (Å²) in [6.45, 7) is 12.3. The second-order valence-electron chi connectivity index (χ2n) is 4.14. The third-order valence-electron chi connectivity index (χ3n) is 1.68. The quantitative estimate of drug-likeness (QED) is 0.640. The highest BCUT2D eigenvalue weighted by atomic mass is 14.9. The van der Waals surface area contributed by atoms with Gasteiger partial charge in [0.15, 0.2) is 0 Å². The predicted molar refractivity (Wildman–Crippen MR) is 47.2 cm³/mol. The molecule has 10 heavy (non-hydrogen) atoms. The van der Waals surface area contributed by atoms with Gasteiger partial charge in [-0.05, 0) is 33.2 Å². The molecule has 1 nitrogen and oxygen atoms in total. The van der Waals surface area contributed by atoms with Crippen LogP contribution in [0, 0.1) is 5.92 Å². The molecule has 0 rings (SSSR count). The lowest BCUT2D eigenvalue weighted by Crippen LogP contribution is -2.38. The molecule has 0 bridgehead atoms. The largest absolute Gasteiger partial charge is 0.312 e. The third kappa shape index (κ3) is 6.09. The van der Waals surface area contributed by atoms with E-state index >= 15 is 0 Å². The van der Waals surface area contributed by atoms with Gasteiger partial charge in [0.2, 0.25) is 0 Å². The van der Waals surface area contributed by atoms with Crippen LogP contribution in [-0.2, 0) is 0 Å². The van der Waals surface area contributed by atoms with Crippen molar-refractivity contribution in [3.8, 4) is 0 Å². The number of rotatable bonds is 3. The molecule has 0 aromatic rings. The summed E-state index contributed by atoms with van der Waals surface area (Å²) in [5.41, 5.74) is 0.281. The Bertz CT molecular complexity index is 81.2. The Morgan fingerprint density at radius 2 is 1.80 bits per heavy atom. The minimum absolute atomic E-state index is 0.281.